The molecule has 0 saturated carbocycles. The van der Waals surface area contributed by atoms with Crippen LogP contribution in [0.15, 0.2) is 42.5 Å². The number of carbonyl (C=O) groups is 3. The zero-order valence-electron chi connectivity index (χ0n) is 20.7. The fraction of sp³-hybridized carbons (Fsp3) is 0.560. The summed E-state index contributed by atoms with van der Waals surface area (Å²) in [6.07, 6.45) is 4.45. The van der Waals surface area contributed by atoms with Gasteiger partial charge >= 0.3 is 18.2 Å². The number of esters is 1. The molecule has 2 amide bonds. The first-order valence-electron chi connectivity index (χ1n) is 11.6. The van der Waals surface area contributed by atoms with Crippen LogP contribution in [-0.4, -0.2) is 54.5 Å². The molecule has 188 valence electrons. The third-order valence-electron chi connectivity index (χ3n) is 5.35. The maximum atomic E-state index is 13.2. The molecular weight excluding hydrogens is 438 g/mol. The van der Waals surface area contributed by atoms with Crippen LogP contribution in [0.4, 0.5) is 9.59 Å². The maximum Gasteiger partial charge on any atom is 0.429 e. The number of hydrogen-bond donors (Lipinski definition) is 2. The lowest BCUT2D eigenvalue weighted by Crippen LogP contribution is -2.59. The smallest absolute Gasteiger partial charge is 0.429 e. The molecule has 0 saturated heterocycles. The zero-order chi connectivity index (χ0) is 25.1. The van der Waals surface area contributed by atoms with E-state index in [2.05, 4.69) is 22.9 Å². The number of nitrogens with one attached hydrogen (secondary N) is 2. The van der Waals surface area contributed by atoms with Gasteiger partial charge in [-0.2, -0.15) is 0 Å². The van der Waals surface area contributed by atoms with Crippen LogP contribution in [0, 0.1) is 5.92 Å². The lowest BCUT2D eigenvalue weighted by molar-refractivity contribution is -0.150. The fourth-order valence-electron chi connectivity index (χ4n) is 3.73. The molecule has 1 unspecified atom stereocenters. The van der Waals surface area contributed by atoms with Crippen molar-refractivity contribution in [2.75, 3.05) is 13.7 Å². The van der Waals surface area contributed by atoms with Crippen LogP contribution in [0.2, 0.25) is 0 Å². The van der Waals surface area contributed by atoms with Gasteiger partial charge in [-0.3, -0.25) is 0 Å². The number of hydrogen-bond acceptors (Lipinski definition) is 7. The van der Waals surface area contributed by atoms with Crippen molar-refractivity contribution in [1.82, 2.24) is 15.8 Å². The Hall–Kier alpha value is -3.07. The molecular formula is C25H37N3O6. The summed E-state index contributed by atoms with van der Waals surface area (Å²) in [6, 6.07) is 8.06. The highest BCUT2D eigenvalue weighted by Gasteiger charge is 2.40. The lowest BCUT2D eigenvalue weighted by Gasteiger charge is -2.35. The van der Waals surface area contributed by atoms with Gasteiger partial charge in [0.1, 0.15) is 12.2 Å². The van der Waals surface area contributed by atoms with Gasteiger partial charge < -0.3 is 19.5 Å². The molecule has 1 aromatic rings. The van der Waals surface area contributed by atoms with Crippen molar-refractivity contribution < 1.29 is 28.6 Å². The molecule has 0 fully saturated rings. The van der Waals surface area contributed by atoms with E-state index < -0.39 is 29.8 Å². The second-order valence-electron chi connectivity index (χ2n) is 9.17. The van der Waals surface area contributed by atoms with Gasteiger partial charge in [-0.1, -0.05) is 55.8 Å². The number of rotatable bonds is 8. The standard InChI is InChI=1S/C25H37N3O6/c1-6-19(16-20-14-10-11-15-26-20)21(22(29)32-5)28(27-23(30)34-25(2,3)4)24(31)33-17-18-12-8-7-9-13-18/h7-10,12-14,19-21,26H,6,11,15-17H2,1-5H3,(H,27,30)/t19-,20?,21-/m1/s1. The number of methoxy groups -OCH3 is 1. The van der Waals surface area contributed by atoms with Gasteiger partial charge in [0.2, 0.25) is 0 Å². The van der Waals surface area contributed by atoms with E-state index in [1.54, 1.807) is 20.8 Å². The molecule has 0 spiro atoms. The molecule has 1 aliphatic rings. The zero-order valence-corrected chi connectivity index (χ0v) is 20.7. The van der Waals surface area contributed by atoms with Gasteiger partial charge in [-0.05, 0) is 51.6 Å². The Morgan fingerprint density at radius 1 is 1.21 bits per heavy atom. The van der Waals surface area contributed by atoms with E-state index in [1.807, 2.05) is 37.3 Å². The summed E-state index contributed by atoms with van der Waals surface area (Å²) in [6.45, 7) is 7.85. The third kappa shape index (κ3) is 8.70. The van der Waals surface area contributed by atoms with E-state index in [9.17, 15) is 14.4 Å². The molecule has 1 aliphatic heterocycles. The van der Waals surface area contributed by atoms with Crippen molar-refractivity contribution in [2.45, 2.75) is 71.2 Å². The van der Waals surface area contributed by atoms with Crippen LogP contribution < -0.4 is 10.7 Å². The van der Waals surface area contributed by atoms with Crippen LogP contribution >= 0.6 is 0 Å². The number of hydrazine groups is 1. The first-order chi connectivity index (χ1) is 16.1. The van der Waals surface area contributed by atoms with Crippen LogP contribution in [0.1, 0.15) is 52.5 Å². The van der Waals surface area contributed by atoms with E-state index in [0.717, 1.165) is 23.5 Å². The predicted molar refractivity (Wildman–Crippen MR) is 128 cm³/mol. The topological polar surface area (TPSA) is 106 Å². The molecule has 3 atom stereocenters. The van der Waals surface area contributed by atoms with Gasteiger partial charge in [-0.25, -0.2) is 24.8 Å². The van der Waals surface area contributed by atoms with Crippen LogP contribution in [-0.2, 0) is 25.6 Å². The molecule has 0 aliphatic carbocycles. The SMILES string of the molecule is CC[C@H](CC1C=CCCN1)[C@H](C(=O)OC)N(NC(=O)OC(C)(C)C)C(=O)OCc1ccccc1. The van der Waals surface area contributed by atoms with Crippen molar-refractivity contribution in [3.8, 4) is 0 Å². The van der Waals surface area contributed by atoms with E-state index in [0.29, 0.717) is 12.8 Å². The van der Waals surface area contributed by atoms with Crippen LogP contribution in [0.5, 0.6) is 0 Å². The molecule has 0 bridgehead atoms. The van der Waals surface area contributed by atoms with Crippen LogP contribution in [0.25, 0.3) is 0 Å². The monoisotopic (exact) mass is 475 g/mol. The Labute approximate surface area is 201 Å². The van der Waals surface area contributed by atoms with E-state index in [1.165, 1.54) is 7.11 Å². The molecule has 1 aromatic carbocycles. The second-order valence-corrected chi connectivity index (χ2v) is 9.17. The summed E-state index contributed by atoms with van der Waals surface area (Å²) >= 11 is 0. The van der Waals surface area contributed by atoms with Gasteiger partial charge in [0.15, 0.2) is 6.04 Å². The maximum absolute atomic E-state index is 13.2. The summed E-state index contributed by atoms with van der Waals surface area (Å²) in [5.41, 5.74) is 2.40. The summed E-state index contributed by atoms with van der Waals surface area (Å²) in [5.74, 6) is -0.980. The normalized spacial score (nSPS) is 17.3. The highest BCUT2D eigenvalue weighted by atomic mass is 16.6. The van der Waals surface area contributed by atoms with Crippen molar-refractivity contribution in [2.24, 2.45) is 5.92 Å². The molecule has 9 nitrogen and oxygen atoms in total. The van der Waals surface area contributed by atoms with Crippen molar-refractivity contribution in [3.05, 3.63) is 48.0 Å². The van der Waals surface area contributed by atoms with Gasteiger partial charge in [0.05, 0.1) is 7.11 Å². The van der Waals surface area contributed by atoms with Crippen LogP contribution in [0.3, 0.4) is 0 Å². The first kappa shape index (κ1) is 27.2. The average molecular weight is 476 g/mol. The Morgan fingerprint density at radius 2 is 1.91 bits per heavy atom. The Balaban J connectivity index is 2.30. The number of benzene rings is 1. The van der Waals surface area contributed by atoms with E-state index in [-0.39, 0.29) is 18.6 Å². The van der Waals surface area contributed by atoms with Crippen molar-refractivity contribution in [1.29, 1.82) is 0 Å². The number of carbonyl (C=O) groups excluding carboxylic acids is 3. The summed E-state index contributed by atoms with van der Waals surface area (Å²) in [7, 11) is 1.25. The summed E-state index contributed by atoms with van der Waals surface area (Å²) in [5, 5.41) is 4.30. The quantitative estimate of drug-likeness (QED) is 0.254. The van der Waals surface area contributed by atoms with Crippen molar-refractivity contribution in [3.63, 3.8) is 0 Å². The highest BCUT2D eigenvalue weighted by molar-refractivity contribution is 5.83. The lowest BCUT2D eigenvalue weighted by atomic mass is 9.88. The minimum Gasteiger partial charge on any atom is -0.467 e. The number of ether oxygens (including phenoxy) is 3. The minimum absolute atomic E-state index is 0.0240. The van der Waals surface area contributed by atoms with Gasteiger partial charge in [0, 0.05) is 6.04 Å². The molecule has 2 N–H and O–H groups in total. The summed E-state index contributed by atoms with van der Waals surface area (Å²) < 4.78 is 15.8. The third-order valence-corrected chi connectivity index (χ3v) is 5.35. The van der Waals surface area contributed by atoms with Crippen molar-refractivity contribution >= 4 is 18.2 Å². The number of nitrogens with zero attached hydrogens (tertiary/aromatic N) is 1. The second kappa shape index (κ2) is 13.0. The predicted octanol–water partition coefficient (Wildman–Crippen LogP) is 3.94. The Morgan fingerprint density at radius 3 is 2.47 bits per heavy atom. The Bertz CT molecular complexity index is 837. The average Bonchev–Trinajstić information content (AvgIpc) is 2.81. The molecule has 0 aromatic heterocycles. The first-order valence-corrected chi connectivity index (χ1v) is 11.6. The van der Waals surface area contributed by atoms with Gasteiger partial charge in [-0.15, -0.1) is 0 Å². The van der Waals surface area contributed by atoms with E-state index >= 15 is 0 Å². The van der Waals surface area contributed by atoms with Gasteiger partial charge in [0.25, 0.3) is 0 Å². The molecule has 2 rings (SSSR count). The molecule has 1 heterocycles. The summed E-state index contributed by atoms with van der Waals surface area (Å²) in [4.78, 5) is 38.7. The molecule has 0 radical (unpaired) electrons. The largest absolute Gasteiger partial charge is 0.467 e. The number of amides is 2. The minimum atomic E-state index is -1.11. The van der Waals surface area contributed by atoms with E-state index in [4.69, 9.17) is 14.2 Å². The molecule has 9 heteroatoms. The fourth-order valence-corrected chi connectivity index (χ4v) is 3.73. The Kier molecular flexibility index (Phi) is 10.4. The highest BCUT2D eigenvalue weighted by Crippen LogP contribution is 2.24. The molecule has 34 heavy (non-hydrogen) atoms.